The molecule has 70 heavy (non-hydrogen) atoms. The fraction of sp³-hybridized carbons (Fsp3) is 0.208. The standard InChI is InChI=1S/C24H20F3NO7S.C24H20F3NO5S/c1-2-18-11-19(22(32)14-3-5-17(6-4-14)35-24(25,26)27)23(36-18)28-20(29)12-33-15-7-9-16(10-8-15)34-13-21(30)31;1-2-18-13-19(21(31)15-8-10-17(11-9-15)33-24(25,26)27)23(34-18)28-22(32)16-6-3-14(4-7-16)5-12-20(29)30/h3-11H,2,12-13H2,1H3,(H,28,29)(H,30,31);3-4,6-11,13H,2,5,12H2,1H3,(H,28,32)(H,29,30). The van der Waals surface area contributed by atoms with Crippen LogP contribution in [0.2, 0.25) is 0 Å². The molecule has 0 aliphatic heterocycles. The van der Waals surface area contributed by atoms with Crippen molar-refractivity contribution in [3.05, 3.63) is 152 Å². The van der Waals surface area contributed by atoms with Gasteiger partial charge in [0.05, 0.1) is 11.1 Å². The molecule has 14 nitrogen and oxygen atoms in total. The highest BCUT2D eigenvalue weighted by Gasteiger charge is 2.32. The van der Waals surface area contributed by atoms with Crippen molar-refractivity contribution >= 4 is 68.0 Å². The molecule has 4 N–H and O–H groups in total. The zero-order valence-corrected chi connectivity index (χ0v) is 38.3. The van der Waals surface area contributed by atoms with Crippen molar-refractivity contribution in [1.29, 1.82) is 0 Å². The van der Waals surface area contributed by atoms with Crippen LogP contribution >= 0.6 is 22.7 Å². The van der Waals surface area contributed by atoms with Crippen LogP contribution < -0.4 is 29.6 Å². The highest BCUT2D eigenvalue weighted by molar-refractivity contribution is 7.17. The summed E-state index contributed by atoms with van der Waals surface area (Å²) in [6, 6.07) is 24.8. The number of hydrogen-bond donors (Lipinski definition) is 4. The number of ketones is 2. The van der Waals surface area contributed by atoms with E-state index in [1.807, 2.05) is 13.8 Å². The number of rotatable bonds is 20. The molecule has 0 fully saturated rings. The number of carbonyl (C=O) groups is 6. The van der Waals surface area contributed by atoms with Gasteiger partial charge in [-0.2, -0.15) is 0 Å². The summed E-state index contributed by atoms with van der Waals surface area (Å²) in [7, 11) is 0. The lowest BCUT2D eigenvalue weighted by Gasteiger charge is -2.10. The SMILES string of the molecule is CCc1cc(C(=O)c2ccc(OC(F)(F)F)cc2)c(NC(=O)COc2ccc(OCC(=O)O)cc2)s1.CCc1cc(C(=O)c2ccc(OC(F)(F)F)cc2)c(NC(=O)c2ccc(CCC(=O)O)cc2)s1. The lowest BCUT2D eigenvalue weighted by molar-refractivity contribution is -0.275. The molecule has 0 saturated heterocycles. The maximum Gasteiger partial charge on any atom is 0.573 e. The van der Waals surface area contributed by atoms with E-state index in [4.69, 9.17) is 19.7 Å². The number of nitrogens with one attached hydrogen (secondary N) is 2. The van der Waals surface area contributed by atoms with Gasteiger partial charge in [0.2, 0.25) is 0 Å². The summed E-state index contributed by atoms with van der Waals surface area (Å²) >= 11 is 2.45. The van der Waals surface area contributed by atoms with Gasteiger partial charge >= 0.3 is 24.7 Å². The molecule has 4 aromatic carbocycles. The number of benzene rings is 4. The topological polar surface area (TPSA) is 204 Å². The van der Waals surface area contributed by atoms with Crippen molar-refractivity contribution < 1.29 is 84.3 Å². The molecule has 2 heterocycles. The predicted octanol–water partition coefficient (Wildman–Crippen LogP) is 10.6. The van der Waals surface area contributed by atoms with E-state index in [1.54, 1.807) is 36.4 Å². The van der Waals surface area contributed by atoms with Gasteiger partial charge in [-0.25, -0.2) is 4.79 Å². The van der Waals surface area contributed by atoms with Gasteiger partial charge in [-0.05, 0) is 122 Å². The number of aliphatic carboxylic acids is 2. The van der Waals surface area contributed by atoms with E-state index in [9.17, 15) is 55.1 Å². The molecule has 0 spiro atoms. The fourth-order valence-electron chi connectivity index (χ4n) is 6.02. The van der Waals surface area contributed by atoms with Crippen LogP contribution in [0.15, 0.2) is 109 Å². The monoisotopic (exact) mass is 1010 g/mol. The summed E-state index contributed by atoms with van der Waals surface area (Å²) in [6.45, 7) is 2.91. The number of alkyl halides is 6. The van der Waals surface area contributed by atoms with Crippen LogP contribution in [0.25, 0.3) is 0 Å². The van der Waals surface area contributed by atoms with Gasteiger partial charge in [0.1, 0.15) is 33.0 Å². The Hall–Kier alpha value is -7.72. The third-order valence-corrected chi connectivity index (χ3v) is 11.7. The summed E-state index contributed by atoms with van der Waals surface area (Å²) < 4.78 is 92.3. The second-order valence-corrected chi connectivity index (χ2v) is 16.7. The Labute approximate surface area is 402 Å². The quantitative estimate of drug-likeness (QED) is 0.0417. The van der Waals surface area contributed by atoms with Crippen molar-refractivity contribution in [1.82, 2.24) is 0 Å². The Bertz CT molecular complexity index is 2790. The minimum atomic E-state index is -4.84. The Morgan fingerprint density at radius 2 is 0.929 bits per heavy atom. The lowest BCUT2D eigenvalue weighted by atomic mass is 10.0. The summed E-state index contributed by atoms with van der Waals surface area (Å²) in [5.74, 6) is -4.16. The molecule has 0 radical (unpaired) electrons. The van der Waals surface area contributed by atoms with Crippen LogP contribution in [-0.2, 0) is 33.6 Å². The van der Waals surface area contributed by atoms with Gasteiger partial charge in [-0.1, -0.05) is 26.0 Å². The first-order valence-electron chi connectivity index (χ1n) is 20.7. The number of thiophene rings is 2. The minimum absolute atomic E-state index is 0.0185. The maximum absolute atomic E-state index is 13.0. The molecule has 22 heteroatoms. The number of anilines is 2. The van der Waals surface area contributed by atoms with Crippen LogP contribution in [0.1, 0.15) is 77.8 Å². The number of hydrogen-bond acceptors (Lipinski definition) is 12. The highest BCUT2D eigenvalue weighted by Crippen LogP contribution is 2.34. The molecule has 2 amide bonds. The van der Waals surface area contributed by atoms with Crippen LogP contribution in [0.3, 0.4) is 0 Å². The summed E-state index contributed by atoms with van der Waals surface area (Å²) in [5, 5.41) is 23.4. The van der Waals surface area contributed by atoms with Crippen LogP contribution in [0.5, 0.6) is 23.0 Å². The first kappa shape index (κ1) is 53.2. The van der Waals surface area contributed by atoms with E-state index in [0.717, 1.165) is 39.6 Å². The number of halogens is 6. The van der Waals surface area contributed by atoms with Crippen molar-refractivity contribution in [3.8, 4) is 23.0 Å². The van der Waals surface area contributed by atoms with Crippen molar-refractivity contribution in [2.24, 2.45) is 0 Å². The number of carboxylic acids is 2. The normalized spacial score (nSPS) is 11.1. The van der Waals surface area contributed by atoms with E-state index >= 15 is 0 Å². The highest BCUT2D eigenvalue weighted by atomic mass is 32.1. The second kappa shape index (κ2) is 24.0. The minimum Gasteiger partial charge on any atom is -0.484 e. The smallest absolute Gasteiger partial charge is 0.484 e. The first-order valence-corrected chi connectivity index (χ1v) is 22.3. The van der Waals surface area contributed by atoms with Gasteiger partial charge in [-0.3, -0.25) is 24.0 Å². The molecular formula is C48H40F6N2O12S2. The molecule has 6 rings (SSSR count). The van der Waals surface area contributed by atoms with E-state index < -0.39 is 66.2 Å². The molecule has 0 aliphatic carbocycles. The van der Waals surface area contributed by atoms with Crippen LogP contribution in [0.4, 0.5) is 36.3 Å². The van der Waals surface area contributed by atoms with Crippen molar-refractivity contribution in [3.63, 3.8) is 0 Å². The Balaban J connectivity index is 0.000000261. The number of carboxylic acid groups (broad SMARTS) is 2. The van der Waals surface area contributed by atoms with Crippen LogP contribution in [0, 0.1) is 0 Å². The molecule has 0 bridgehead atoms. The summed E-state index contributed by atoms with van der Waals surface area (Å²) in [6.07, 6.45) is -8.13. The zero-order valence-electron chi connectivity index (χ0n) is 36.7. The largest absolute Gasteiger partial charge is 0.573 e. The number of ether oxygens (including phenoxy) is 4. The Kier molecular flexibility index (Phi) is 18.3. The molecule has 2 aromatic heterocycles. The number of carbonyl (C=O) groups excluding carboxylic acids is 4. The third-order valence-electron chi connectivity index (χ3n) is 9.33. The van der Waals surface area contributed by atoms with Gasteiger partial charge < -0.3 is 39.8 Å². The zero-order chi connectivity index (χ0) is 51.2. The van der Waals surface area contributed by atoms with E-state index in [-0.39, 0.29) is 35.3 Å². The Morgan fingerprint density at radius 3 is 1.33 bits per heavy atom. The fourth-order valence-corrected chi connectivity index (χ4v) is 8.02. The molecule has 0 unspecified atom stereocenters. The van der Waals surface area contributed by atoms with E-state index in [0.29, 0.717) is 46.3 Å². The van der Waals surface area contributed by atoms with Crippen LogP contribution in [-0.4, -0.2) is 71.5 Å². The average Bonchev–Trinajstić information content (AvgIpc) is 3.92. The van der Waals surface area contributed by atoms with Gasteiger partial charge in [-0.15, -0.1) is 49.0 Å². The van der Waals surface area contributed by atoms with E-state index in [2.05, 4.69) is 20.1 Å². The Morgan fingerprint density at radius 1 is 0.529 bits per heavy atom. The second-order valence-electron chi connectivity index (χ2n) is 14.5. The van der Waals surface area contributed by atoms with Gasteiger partial charge in [0, 0.05) is 32.9 Å². The van der Waals surface area contributed by atoms with Crippen molar-refractivity contribution in [2.45, 2.75) is 52.3 Å². The number of amides is 2. The molecule has 0 aliphatic rings. The average molecular weight is 1010 g/mol. The number of aryl methyl sites for hydroxylation is 3. The molecule has 0 saturated carbocycles. The van der Waals surface area contributed by atoms with Gasteiger partial charge in [0.15, 0.2) is 24.8 Å². The molecule has 6 aromatic rings. The van der Waals surface area contributed by atoms with Crippen molar-refractivity contribution in [2.75, 3.05) is 23.8 Å². The molecular weight excluding hydrogens is 975 g/mol. The van der Waals surface area contributed by atoms with E-state index in [1.165, 1.54) is 71.2 Å². The summed E-state index contributed by atoms with van der Waals surface area (Å²) in [4.78, 5) is 74.1. The molecule has 0 atom stereocenters. The third kappa shape index (κ3) is 16.5. The maximum atomic E-state index is 13.0. The lowest BCUT2D eigenvalue weighted by Crippen LogP contribution is -2.20. The van der Waals surface area contributed by atoms with Gasteiger partial charge in [0.25, 0.3) is 11.8 Å². The summed E-state index contributed by atoms with van der Waals surface area (Å²) in [5.41, 5.74) is 1.82. The molecule has 368 valence electrons. The predicted molar refractivity (Wildman–Crippen MR) is 245 cm³/mol. The first-order chi connectivity index (χ1) is 33.1.